The third kappa shape index (κ3) is 10.3. The van der Waals surface area contributed by atoms with Crippen LogP contribution in [0.2, 0.25) is 0 Å². The van der Waals surface area contributed by atoms with Crippen molar-refractivity contribution >= 4 is 0 Å². The number of methoxy groups -OCH3 is 1. The summed E-state index contributed by atoms with van der Waals surface area (Å²) in [5, 5.41) is 3.31. The van der Waals surface area contributed by atoms with E-state index in [0.717, 1.165) is 26.3 Å². The van der Waals surface area contributed by atoms with Crippen LogP contribution < -0.4 is 5.32 Å². The lowest BCUT2D eigenvalue weighted by molar-refractivity contribution is 0.0245. The molecule has 0 saturated heterocycles. The Labute approximate surface area is 116 Å². The summed E-state index contributed by atoms with van der Waals surface area (Å²) in [5.41, 5.74) is 0. The number of hydrogen-bond donors (Lipinski definition) is 1. The molecule has 0 aromatic rings. The Kier molecular flexibility index (Phi) is 11.4. The normalized spacial score (nSPS) is 16.3. The molecule has 5 nitrogen and oxygen atoms in total. The van der Waals surface area contributed by atoms with Gasteiger partial charge in [0.2, 0.25) is 0 Å². The first kappa shape index (κ1) is 16.9. The standard InChI is InChI=1S/C14H29NO4/c1-16-10-11-18-13-12-17-8-6-15-7-9-19-14-4-2-3-5-14/h14-15H,2-13H2,1H3. The number of rotatable bonds is 13. The summed E-state index contributed by atoms with van der Waals surface area (Å²) < 4.78 is 21.3. The molecule has 0 aliphatic heterocycles. The molecular formula is C14H29NO4. The van der Waals surface area contributed by atoms with E-state index in [2.05, 4.69) is 5.32 Å². The molecule has 1 fully saturated rings. The highest BCUT2D eigenvalue weighted by atomic mass is 16.5. The lowest BCUT2D eigenvalue weighted by atomic mass is 10.3. The number of hydrogen-bond acceptors (Lipinski definition) is 5. The minimum atomic E-state index is 0.516. The van der Waals surface area contributed by atoms with Gasteiger partial charge in [0.25, 0.3) is 0 Å². The molecule has 5 heteroatoms. The number of nitrogens with one attached hydrogen (secondary N) is 1. The predicted octanol–water partition coefficient (Wildman–Crippen LogP) is 1.21. The summed E-state index contributed by atoms with van der Waals surface area (Å²) in [6.45, 7) is 5.86. The fourth-order valence-corrected chi connectivity index (χ4v) is 2.09. The fourth-order valence-electron chi connectivity index (χ4n) is 2.09. The number of ether oxygens (including phenoxy) is 4. The lowest BCUT2D eigenvalue weighted by Crippen LogP contribution is -2.26. The van der Waals surface area contributed by atoms with Crippen molar-refractivity contribution in [2.24, 2.45) is 0 Å². The van der Waals surface area contributed by atoms with Crippen LogP contribution in [0.25, 0.3) is 0 Å². The Morgan fingerprint density at radius 3 is 2.21 bits per heavy atom. The van der Waals surface area contributed by atoms with Gasteiger partial charge < -0.3 is 24.3 Å². The highest BCUT2D eigenvalue weighted by Gasteiger charge is 2.14. The van der Waals surface area contributed by atoms with E-state index >= 15 is 0 Å². The monoisotopic (exact) mass is 275 g/mol. The average Bonchev–Trinajstić information content (AvgIpc) is 2.93. The van der Waals surface area contributed by atoms with E-state index in [0.29, 0.717) is 32.5 Å². The van der Waals surface area contributed by atoms with Crippen molar-refractivity contribution < 1.29 is 18.9 Å². The maximum atomic E-state index is 5.75. The maximum absolute atomic E-state index is 5.75. The Balaban J connectivity index is 1.67. The van der Waals surface area contributed by atoms with Gasteiger partial charge in [0.05, 0.1) is 45.7 Å². The van der Waals surface area contributed by atoms with Gasteiger partial charge in [0.1, 0.15) is 0 Å². The smallest absolute Gasteiger partial charge is 0.0701 e. The molecule has 0 spiro atoms. The summed E-state index contributed by atoms with van der Waals surface area (Å²) in [5.74, 6) is 0. The molecule has 0 atom stereocenters. The van der Waals surface area contributed by atoms with Gasteiger partial charge in [-0.1, -0.05) is 12.8 Å². The van der Waals surface area contributed by atoms with Gasteiger partial charge in [-0.3, -0.25) is 0 Å². The summed E-state index contributed by atoms with van der Waals surface area (Å²) >= 11 is 0. The zero-order valence-electron chi connectivity index (χ0n) is 12.2. The van der Waals surface area contributed by atoms with Crippen molar-refractivity contribution in [1.29, 1.82) is 0 Å². The van der Waals surface area contributed by atoms with Gasteiger partial charge in [-0.05, 0) is 12.8 Å². The zero-order valence-corrected chi connectivity index (χ0v) is 12.2. The molecule has 1 N–H and O–H groups in total. The van der Waals surface area contributed by atoms with Crippen LogP contribution in [0.3, 0.4) is 0 Å². The van der Waals surface area contributed by atoms with Crippen LogP contribution in [-0.4, -0.2) is 65.9 Å². The first-order valence-corrected chi connectivity index (χ1v) is 7.40. The highest BCUT2D eigenvalue weighted by molar-refractivity contribution is 4.66. The van der Waals surface area contributed by atoms with Gasteiger partial charge in [0.15, 0.2) is 0 Å². The van der Waals surface area contributed by atoms with Gasteiger partial charge >= 0.3 is 0 Å². The van der Waals surface area contributed by atoms with Crippen molar-refractivity contribution in [3.05, 3.63) is 0 Å². The van der Waals surface area contributed by atoms with Gasteiger partial charge in [-0.25, -0.2) is 0 Å². The Morgan fingerprint density at radius 1 is 0.842 bits per heavy atom. The van der Waals surface area contributed by atoms with E-state index < -0.39 is 0 Å². The van der Waals surface area contributed by atoms with Crippen molar-refractivity contribution in [2.75, 3.05) is 59.8 Å². The molecule has 0 unspecified atom stereocenters. The minimum absolute atomic E-state index is 0.516. The molecule has 1 aliphatic rings. The molecule has 0 radical (unpaired) electrons. The van der Waals surface area contributed by atoms with E-state index in [-0.39, 0.29) is 0 Å². The first-order valence-electron chi connectivity index (χ1n) is 7.40. The summed E-state index contributed by atoms with van der Waals surface area (Å²) in [6.07, 6.45) is 5.66. The lowest BCUT2D eigenvalue weighted by Gasteiger charge is -2.11. The maximum Gasteiger partial charge on any atom is 0.0701 e. The van der Waals surface area contributed by atoms with Gasteiger partial charge in [0, 0.05) is 20.2 Å². The second-order valence-corrected chi connectivity index (χ2v) is 4.74. The van der Waals surface area contributed by atoms with Crippen LogP contribution in [0.15, 0.2) is 0 Å². The second-order valence-electron chi connectivity index (χ2n) is 4.74. The SMILES string of the molecule is COCCOCCOCCNCCOC1CCCC1. The van der Waals surface area contributed by atoms with Gasteiger partial charge in [-0.2, -0.15) is 0 Å². The van der Waals surface area contributed by atoms with E-state index in [1.165, 1.54) is 25.7 Å². The quantitative estimate of drug-likeness (QED) is 0.512. The van der Waals surface area contributed by atoms with Crippen LogP contribution in [0.5, 0.6) is 0 Å². The molecule has 114 valence electrons. The Bertz CT molecular complexity index is 186. The third-order valence-corrected chi connectivity index (χ3v) is 3.16. The Hall–Kier alpha value is -0.200. The molecule has 1 saturated carbocycles. The molecular weight excluding hydrogens is 246 g/mol. The minimum Gasteiger partial charge on any atom is -0.382 e. The molecule has 0 bridgehead atoms. The van der Waals surface area contributed by atoms with Crippen LogP contribution in [0.1, 0.15) is 25.7 Å². The van der Waals surface area contributed by atoms with Crippen molar-refractivity contribution in [1.82, 2.24) is 5.32 Å². The van der Waals surface area contributed by atoms with Crippen molar-refractivity contribution in [2.45, 2.75) is 31.8 Å². The molecule has 1 aliphatic carbocycles. The Morgan fingerprint density at radius 2 is 1.47 bits per heavy atom. The van der Waals surface area contributed by atoms with Crippen molar-refractivity contribution in [3.63, 3.8) is 0 Å². The van der Waals surface area contributed by atoms with Crippen LogP contribution >= 0.6 is 0 Å². The van der Waals surface area contributed by atoms with Crippen LogP contribution in [0, 0.1) is 0 Å². The van der Waals surface area contributed by atoms with Crippen LogP contribution in [-0.2, 0) is 18.9 Å². The van der Waals surface area contributed by atoms with E-state index in [4.69, 9.17) is 18.9 Å². The van der Waals surface area contributed by atoms with Crippen molar-refractivity contribution in [3.8, 4) is 0 Å². The summed E-state index contributed by atoms with van der Waals surface area (Å²) in [6, 6.07) is 0. The third-order valence-electron chi connectivity index (χ3n) is 3.16. The molecule has 1 rings (SSSR count). The topological polar surface area (TPSA) is 49.0 Å². The highest BCUT2D eigenvalue weighted by Crippen LogP contribution is 2.20. The van der Waals surface area contributed by atoms with E-state index in [9.17, 15) is 0 Å². The molecule has 0 aromatic carbocycles. The van der Waals surface area contributed by atoms with Crippen LogP contribution in [0.4, 0.5) is 0 Å². The van der Waals surface area contributed by atoms with Gasteiger partial charge in [-0.15, -0.1) is 0 Å². The predicted molar refractivity (Wildman–Crippen MR) is 74.6 cm³/mol. The second kappa shape index (κ2) is 12.8. The largest absolute Gasteiger partial charge is 0.382 e. The van der Waals surface area contributed by atoms with E-state index in [1.54, 1.807) is 7.11 Å². The fraction of sp³-hybridized carbons (Fsp3) is 1.00. The average molecular weight is 275 g/mol. The molecule has 0 heterocycles. The first-order chi connectivity index (χ1) is 9.43. The molecule has 0 amide bonds. The zero-order chi connectivity index (χ0) is 13.6. The van der Waals surface area contributed by atoms with E-state index in [1.807, 2.05) is 0 Å². The molecule has 19 heavy (non-hydrogen) atoms. The summed E-state index contributed by atoms with van der Waals surface area (Å²) in [4.78, 5) is 0. The molecule has 0 aromatic heterocycles. The summed E-state index contributed by atoms with van der Waals surface area (Å²) in [7, 11) is 1.67.